The van der Waals surface area contributed by atoms with Crippen LogP contribution in [0.4, 0.5) is 0 Å². The molecule has 1 saturated heterocycles. The lowest BCUT2D eigenvalue weighted by Crippen LogP contribution is -2.45. The number of rotatable bonds is 4. The molecule has 31 heavy (non-hydrogen) atoms. The van der Waals surface area contributed by atoms with Crippen molar-refractivity contribution in [3.63, 3.8) is 0 Å². The topological polar surface area (TPSA) is 50.5 Å². The van der Waals surface area contributed by atoms with Gasteiger partial charge in [-0.3, -0.25) is 4.79 Å². The van der Waals surface area contributed by atoms with Gasteiger partial charge in [0, 0.05) is 31.4 Å². The zero-order valence-electron chi connectivity index (χ0n) is 17.9. The van der Waals surface area contributed by atoms with Crippen LogP contribution in [0.25, 0.3) is 16.1 Å². The Bertz CT molecular complexity index is 1190. The molecule has 5 nitrogen and oxygen atoms in total. The fraction of sp³-hybridized carbons (Fsp3) is 0.320. The number of amides is 1. The highest BCUT2D eigenvalue weighted by Gasteiger charge is 2.31. The van der Waals surface area contributed by atoms with Crippen molar-refractivity contribution in [2.45, 2.75) is 45.6 Å². The summed E-state index contributed by atoms with van der Waals surface area (Å²) in [6, 6.07) is 14.5. The molecular formula is C25H26N4OS. The lowest BCUT2D eigenvalue weighted by atomic mass is 9.97. The smallest absolute Gasteiger partial charge is 0.274 e. The molecule has 158 valence electrons. The van der Waals surface area contributed by atoms with Gasteiger partial charge in [0.25, 0.3) is 5.91 Å². The Morgan fingerprint density at radius 1 is 1.10 bits per heavy atom. The second-order valence-electron chi connectivity index (χ2n) is 8.33. The first-order valence-corrected chi connectivity index (χ1v) is 11.7. The summed E-state index contributed by atoms with van der Waals surface area (Å²) >= 11 is 1.60. The molecule has 0 bridgehead atoms. The predicted molar refractivity (Wildman–Crippen MR) is 125 cm³/mol. The van der Waals surface area contributed by atoms with E-state index < -0.39 is 0 Å². The second-order valence-corrected chi connectivity index (χ2v) is 9.53. The third kappa shape index (κ3) is 4.00. The molecule has 0 spiro atoms. The van der Waals surface area contributed by atoms with E-state index in [2.05, 4.69) is 42.4 Å². The Hall–Kier alpha value is -2.99. The Morgan fingerprint density at radius 3 is 2.74 bits per heavy atom. The van der Waals surface area contributed by atoms with Crippen LogP contribution in [0.1, 0.15) is 46.0 Å². The predicted octanol–water partition coefficient (Wildman–Crippen LogP) is 5.31. The number of piperidine rings is 1. The van der Waals surface area contributed by atoms with Gasteiger partial charge in [-0.25, -0.2) is 9.97 Å². The number of fused-ring (bicyclic) bond motifs is 1. The molecule has 0 radical (unpaired) electrons. The Balaban J connectivity index is 1.44. The maximum absolute atomic E-state index is 13.7. The van der Waals surface area contributed by atoms with E-state index in [1.165, 1.54) is 5.56 Å². The van der Waals surface area contributed by atoms with Crippen LogP contribution in [0.15, 0.2) is 54.9 Å². The van der Waals surface area contributed by atoms with E-state index in [0.717, 1.165) is 59.0 Å². The number of hydrogen-bond acceptors (Lipinski definition) is 4. The van der Waals surface area contributed by atoms with Crippen LogP contribution in [0, 0.1) is 13.8 Å². The van der Waals surface area contributed by atoms with Gasteiger partial charge in [-0.2, -0.15) is 0 Å². The molecule has 1 aromatic carbocycles. The summed E-state index contributed by atoms with van der Waals surface area (Å²) in [4.78, 5) is 26.1. The summed E-state index contributed by atoms with van der Waals surface area (Å²) in [5.74, 6) is 0.0494. The first-order chi connectivity index (χ1) is 15.1. The molecule has 6 heteroatoms. The van der Waals surface area contributed by atoms with Crippen molar-refractivity contribution in [3.8, 4) is 10.4 Å². The normalized spacial score (nSPS) is 16.7. The Kier molecular flexibility index (Phi) is 5.32. The van der Waals surface area contributed by atoms with Gasteiger partial charge in [-0.05, 0) is 50.8 Å². The van der Waals surface area contributed by atoms with Gasteiger partial charge in [0.2, 0.25) is 0 Å². The van der Waals surface area contributed by atoms with Crippen LogP contribution < -0.4 is 0 Å². The number of nitrogens with zero attached hydrogens (tertiary/aromatic N) is 4. The van der Waals surface area contributed by atoms with Crippen LogP contribution >= 0.6 is 11.3 Å². The third-order valence-electron chi connectivity index (χ3n) is 6.00. The SMILES string of the molecule is Cc1ccc(-c2sc(C)nc2C(=O)N2CCCC[C@H]2Cc2cn3ccccc3n2)cc1. The van der Waals surface area contributed by atoms with E-state index in [0.29, 0.717) is 5.69 Å². The number of pyridine rings is 1. The fourth-order valence-electron chi connectivity index (χ4n) is 4.42. The molecule has 1 aliphatic heterocycles. The van der Waals surface area contributed by atoms with Crippen molar-refractivity contribution in [1.82, 2.24) is 19.3 Å². The van der Waals surface area contributed by atoms with Crippen LogP contribution in [0.5, 0.6) is 0 Å². The molecule has 0 N–H and O–H groups in total. The van der Waals surface area contributed by atoms with E-state index in [1.807, 2.05) is 40.6 Å². The number of hydrogen-bond donors (Lipinski definition) is 0. The van der Waals surface area contributed by atoms with E-state index in [-0.39, 0.29) is 11.9 Å². The molecule has 0 saturated carbocycles. The van der Waals surface area contributed by atoms with Gasteiger partial charge >= 0.3 is 0 Å². The van der Waals surface area contributed by atoms with Crippen molar-refractivity contribution in [2.24, 2.45) is 0 Å². The van der Waals surface area contributed by atoms with Gasteiger partial charge in [0.15, 0.2) is 0 Å². The van der Waals surface area contributed by atoms with E-state index in [9.17, 15) is 4.79 Å². The zero-order valence-corrected chi connectivity index (χ0v) is 18.7. The standard InChI is InChI=1S/C25H26N4OS/c1-17-9-11-19(12-10-17)24-23(26-18(2)31-24)25(30)29-14-6-3-7-21(29)15-20-16-28-13-5-4-8-22(28)27-20/h4-5,8-13,16,21H,3,6-7,14-15H2,1-2H3/t21-/m0/s1. The summed E-state index contributed by atoms with van der Waals surface area (Å²) in [6.07, 6.45) is 8.05. The second kappa shape index (κ2) is 8.27. The minimum atomic E-state index is 0.0494. The lowest BCUT2D eigenvalue weighted by molar-refractivity contribution is 0.0608. The largest absolute Gasteiger partial charge is 0.334 e. The molecule has 4 heterocycles. The highest BCUT2D eigenvalue weighted by molar-refractivity contribution is 7.15. The van der Waals surface area contributed by atoms with E-state index in [4.69, 9.17) is 4.98 Å². The average Bonchev–Trinajstić information content (AvgIpc) is 3.37. The van der Waals surface area contributed by atoms with Gasteiger partial charge in [-0.1, -0.05) is 35.9 Å². The van der Waals surface area contributed by atoms with Crippen molar-refractivity contribution in [3.05, 3.63) is 76.8 Å². The molecule has 1 atom stereocenters. The van der Waals surface area contributed by atoms with Crippen molar-refractivity contribution >= 4 is 22.9 Å². The average molecular weight is 431 g/mol. The number of aromatic nitrogens is 3. The Labute approximate surface area is 186 Å². The number of aryl methyl sites for hydroxylation is 2. The highest BCUT2D eigenvalue weighted by atomic mass is 32.1. The maximum atomic E-state index is 13.7. The van der Waals surface area contributed by atoms with Crippen molar-refractivity contribution < 1.29 is 4.79 Å². The van der Waals surface area contributed by atoms with Gasteiger partial charge in [-0.15, -0.1) is 11.3 Å². The molecule has 1 amide bonds. The van der Waals surface area contributed by atoms with Crippen molar-refractivity contribution in [1.29, 1.82) is 0 Å². The number of thiazole rings is 1. The first-order valence-electron chi connectivity index (χ1n) is 10.9. The number of carbonyl (C=O) groups excluding carboxylic acids is 1. The van der Waals surface area contributed by atoms with Crippen LogP contribution in [-0.2, 0) is 6.42 Å². The minimum Gasteiger partial charge on any atom is -0.334 e. The summed E-state index contributed by atoms with van der Waals surface area (Å²) in [5, 5.41) is 0.924. The number of carbonyl (C=O) groups is 1. The van der Waals surface area contributed by atoms with E-state index >= 15 is 0 Å². The first kappa shape index (κ1) is 19.9. The van der Waals surface area contributed by atoms with E-state index in [1.54, 1.807) is 11.3 Å². The third-order valence-corrected chi connectivity index (χ3v) is 7.02. The monoisotopic (exact) mass is 430 g/mol. The summed E-state index contributed by atoms with van der Waals surface area (Å²) in [7, 11) is 0. The molecule has 3 aromatic heterocycles. The summed E-state index contributed by atoms with van der Waals surface area (Å²) < 4.78 is 2.05. The molecule has 5 rings (SSSR count). The van der Waals surface area contributed by atoms with Crippen molar-refractivity contribution in [2.75, 3.05) is 6.54 Å². The summed E-state index contributed by atoms with van der Waals surface area (Å²) in [6.45, 7) is 4.83. The number of imidazole rings is 1. The number of likely N-dealkylation sites (tertiary alicyclic amines) is 1. The van der Waals surface area contributed by atoms with Crippen LogP contribution in [0.2, 0.25) is 0 Å². The van der Waals surface area contributed by atoms with Crippen LogP contribution in [-0.4, -0.2) is 37.8 Å². The minimum absolute atomic E-state index is 0.0494. The summed E-state index contributed by atoms with van der Waals surface area (Å²) in [5.41, 5.74) is 4.84. The maximum Gasteiger partial charge on any atom is 0.274 e. The quantitative estimate of drug-likeness (QED) is 0.441. The lowest BCUT2D eigenvalue weighted by Gasteiger charge is -2.35. The highest BCUT2D eigenvalue weighted by Crippen LogP contribution is 2.33. The fourth-order valence-corrected chi connectivity index (χ4v) is 5.33. The zero-order chi connectivity index (χ0) is 21.4. The molecular weight excluding hydrogens is 404 g/mol. The Morgan fingerprint density at radius 2 is 1.94 bits per heavy atom. The van der Waals surface area contributed by atoms with Gasteiger partial charge < -0.3 is 9.30 Å². The van der Waals surface area contributed by atoms with Crippen LogP contribution in [0.3, 0.4) is 0 Å². The molecule has 0 unspecified atom stereocenters. The van der Waals surface area contributed by atoms with Gasteiger partial charge in [0.1, 0.15) is 11.3 Å². The van der Waals surface area contributed by atoms with Gasteiger partial charge in [0.05, 0.1) is 15.6 Å². The molecule has 4 aromatic rings. The number of benzene rings is 1. The molecule has 1 aliphatic rings. The molecule has 1 fully saturated rings. The molecule has 0 aliphatic carbocycles.